The zero-order valence-corrected chi connectivity index (χ0v) is 27.4. The summed E-state index contributed by atoms with van der Waals surface area (Å²) in [6, 6.07) is 15.1. The van der Waals surface area contributed by atoms with Gasteiger partial charge in [-0.1, -0.05) is 38.0 Å². The van der Waals surface area contributed by atoms with Crippen LogP contribution >= 0.6 is 0 Å². The number of para-hydroxylation sites is 1. The number of benzene rings is 1. The molecule has 13 nitrogen and oxygen atoms in total. The zero-order valence-electron chi connectivity index (χ0n) is 27.4. The van der Waals surface area contributed by atoms with E-state index >= 15 is 0 Å². The third kappa shape index (κ3) is 5.56. The lowest BCUT2D eigenvalue weighted by molar-refractivity contribution is -0.519. The number of furan rings is 1. The van der Waals surface area contributed by atoms with Gasteiger partial charge in [-0.3, -0.25) is 15.0 Å². The van der Waals surface area contributed by atoms with Crippen LogP contribution in [0.15, 0.2) is 65.3 Å². The SMILES string of the molecule is CC(C)c1nc(N2C[C@@H](Oc3ncc(C#Cc4ccccn4)cc3N3CCOC4(COC4)[C@@H]3C)C[C@H]2[N+](=O)[O-])c2oc3ccccc3c2n1. The van der Waals surface area contributed by atoms with Crippen molar-refractivity contribution < 1.29 is 23.6 Å². The minimum atomic E-state index is -1.10. The minimum absolute atomic E-state index is 0.00793. The molecule has 1 aromatic carbocycles. The second kappa shape index (κ2) is 12.3. The Labute approximate surface area is 282 Å². The van der Waals surface area contributed by atoms with Gasteiger partial charge in [0.15, 0.2) is 11.4 Å². The summed E-state index contributed by atoms with van der Waals surface area (Å²) in [5.74, 6) is 7.63. The summed E-state index contributed by atoms with van der Waals surface area (Å²) in [5.41, 5.74) is 3.36. The van der Waals surface area contributed by atoms with E-state index in [0.29, 0.717) is 71.8 Å². The van der Waals surface area contributed by atoms with Crippen molar-refractivity contribution in [2.24, 2.45) is 0 Å². The average Bonchev–Trinajstić information content (AvgIpc) is 3.69. The van der Waals surface area contributed by atoms with Crippen LogP contribution in [0.4, 0.5) is 11.5 Å². The van der Waals surface area contributed by atoms with Crippen molar-refractivity contribution in [3.8, 4) is 17.7 Å². The molecule has 0 bridgehead atoms. The number of ether oxygens (including phenoxy) is 3. The van der Waals surface area contributed by atoms with Gasteiger partial charge in [0.05, 0.1) is 38.8 Å². The molecule has 0 saturated carbocycles. The molecule has 0 amide bonds. The van der Waals surface area contributed by atoms with Gasteiger partial charge in [-0.05, 0) is 43.2 Å². The molecule has 8 rings (SSSR count). The van der Waals surface area contributed by atoms with Crippen molar-refractivity contribution in [3.63, 3.8) is 0 Å². The Morgan fingerprint density at radius 1 is 1.08 bits per heavy atom. The Bertz CT molecular complexity index is 2110. The number of hydrogen-bond donors (Lipinski definition) is 0. The molecule has 7 heterocycles. The first-order chi connectivity index (χ1) is 23.8. The summed E-state index contributed by atoms with van der Waals surface area (Å²) in [6.45, 7) is 8.43. The maximum absolute atomic E-state index is 12.6. The van der Waals surface area contributed by atoms with E-state index in [1.807, 2.05) is 62.4 Å². The van der Waals surface area contributed by atoms with E-state index in [2.05, 4.69) is 28.6 Å². The van der Waals surface area contributed by atoms with Crippen LogP contribution in [-0.4, -0.2) is 81.7 Å². The van der Waals surface area contributed by atoms with Crippen molar-refractivity contribution in [2.75, 3.05) is 42.7 Å². The summed E-state index contributed by atoms with van der Waals surface area (Å²) in [6.07, 6.45) is 1.82. The van der Waals surface area contributed by atoms with Gasteiger partial charge in [0.25, 0.3) is 6.17 Å². The van der Waals surface area contributed by atoms with Gasteiger partial charge in [0.1, 0.15) is 40.0 Å². The average molecular weight is 662 g/mol. The van der Waals surface area contributed by atoms with Crippen LogP contribution in [0, 0.1) is 22.0 Å². The number of nitro groups is 1. The van der Waals surface area contributed by atoms with Crippen molar-refractivity contribution in [3.05, 3.63) is 88.1 Å². The van der Waals surface area contributed by atoms with Crippen molar-refractivity contribution in [1.29, 1.82) is 0 Å². The fourth-order valence-corrected chi connectivity index (χ4v) is 6.78. The van der Waals surface area contributed by atoms with E-state index in [1.165, 1.54) is 0 Å². The predicted octanol–water partition coefficient (Wildman–Crippen LogP) is 4.94. The Morgan fingerprint density at radius 3 is 2.67 bits per heavy atom. The molecular weight excluding hydrogens is 626 g/mol. The molecule has 4 aromatic heterocycles. The van der Waals surface area contributed by atoms with Gasteiger partial charge < -0.3 is 23.5 Å². The smallest absolute Gasteiger partial charge is 0.292 e. The normalized spacial score (nSPS) is 21.6. The highest BCUT2D eigenvalue weighted by Gasteiger charge is 2.50. The summed E-state index contributed by atoms with van der Waals surface area (Å²) in [4.78, 5) is 34.9. The Kier molecular flexibility index (Phi) is 7.77. The highest BCUT2D eigenvalue weighted by atomic mass is 16.6. The molecule has 49 heavy (non-hydrogen) atoms. The molecule has 3 fully saturated rings. The highest BCUT2D eigenvalue weighted by molar-refractivity contribution is 6.05. The van der Waals surface area contributed by atoms with Crippen molar-refractivity contribution in [2.45, 2.75) is 57.0 Å². The van der Waals surface area contributed by atoms with Crippen LogP contribution in [0.25, 0.3) is 22.1 Å². The van der Waals surface area contributed by atoms with Crippen LogP contribution in [-0.2, 0) is 9.47 Å². The van der Waals surface area contributed by atoms with Crippen LogP contribution in [0.2, 0.25) is 0 Å². The number of hydrogen-bond acceptors (Lipinski definition) is 12. The largest absolute Gasteiger partial charge is 0.471 e. The number of fused-ring (bicyclic) bond motifs is 3. The second-order valence-corrected chi connectivity index (χ2v) is 13.0. The van der Waals surface area contributed by atoms with Crippen LogP contribution in [0.3, 0.4) is 0 Å². The Balaban J connectivity index is 1.16. The fraction of sp³-hybridized carbons (Fsp3) is 0.389. The van der Waals surface area contributed by atoms with Gasteiger partial charge in [0.2, 0.25) is 5.88 Å². The molecule has 0 radical (unpaired) electrons. The highest BCUT2D eigenvalue weighted by Crippen LogP contribution is 2.41. The van der Waals surface area contributed by atoms with E-state index in [1.54, 1.807) is 17.3 Å². The zero-order chi connectivity index (χ0) is 33.7. The number of nitrogens with zero attached hydrogens (tertiary/aromatic N) is 7. The molecule has 3 aliphatic rings. The molecule has 3 atom stereocenters. The summed E-state index contributed by atoms with van der Waals surface area (Å²) in [5, 5.41) is 13.4. The molecule has 1 spiro atoms. The van der Waals surface area contributed by atoms with E-state index < -0.39 is 17.9 Å². The van der Waals surface area contributed by atoms with Gasteiger partial charge in [0, 0.05) is 40.7 Å². The number of rotatable bonds is 6. The minimum Gasteiger partial charge on any atom is -0.471 e. The van der Waals surface area contributed by atoms with E-state index in [9.17, 15) is 10.1 Å². The van der Waals surface area contributed by atoms with E-state index in [0.717, 1.165) is 11.1 Å². The van der Waals surface area contributed by atoms with E-state index in [-0.39, 0.29) is 29.8 Å². The molecule has 13 heteroatoms. The van der Waals surface area contributed by atoms with Gasteiger partial charge >= 0.3 is 0 Å². The van der Waals surface area contributed by atoms with Gasteiger partial charge in [-0.2, -0.15) is 0 Å². The molecule has 0 aliphatic carbocycles. The van der Waals surface area contributed by atoms with Crippen LogP contribution in [0.1, 0.15) is 50.2 Å². The lowest BCUT2D eigenvalue weighted by Gasteiger charge is -2.53. The molecule has 5 aromatic rings. The first-order valence-corrected chi connectivity index (χ1v) is 16.5. The van der Waals surface area contributed by atoms with Crippen molar-refractivity contribution in [1.82, 2.24) is 19.9 Å². The lowest BCUT2D eigenvalue weighted by atomic mass is 9.90. The Morgan fingerprint density at radius 2 is 1.92 bits per heavy atom. The predicted molar refractivity (Wildman–Crippen MR) is 181 cm³/mol. The van der Waals surface area contributed by atoms with E-state index in [4.69, 9.17) is 33.6 Å². The fourth-order valence-electron chi connectivity index (χ4n) is 6.78. The quantitative estimate of drug-likeness (QED) is 0.138. The summed E-state index contributed by atoms with van der Waals surface area (Å²) >= 11 is 0. The third-order valence-corrected chi connectivity index (χ3v) is 9.55. The molecule has 3 aliphatic heterocycles. The maximum atomic E-state index is 12.6. The third-order valence-electron chi connectivity index (χ3n) is 9.55. The first-order valence-electron chi connectivity index (χ1n) is 16.5. The standard InChI is InChI=1S/C36H35N7O6/c1-22(2)33-39-31-27-9-4-5-10-29(27)49-32(31)34(40-33)42-19-26(17-30(42)43(44)45)48-35-28(41-14-15-47-36(23(41)3)20-46-21-36)16-24(18-38-35)11-12-25-8-6-7-13-37-25/h4-10,13,16,18,22-23,26,30H,14-15,17,19-21H2,1-3H3/t23-,26-,30+/m0/s1. The number of aromatic nitrogens is 4. The first kappa shape index (κ1) is 31.0. The lowest BCUT2D eigenvalue weighted by Crippen LogP contribution is -2.68. The van der Waals surface area contributed by atoms with Gasteiger partial charge in [-0.15, -0.1) is 0 Å². The maximum Gasteiger partial charge on any atom is 0.292 e. The summed E-state index contributed by atoms with van der Waals surface area (Å²) in [7, 11) is 0. The molecule has 3 saturated heterocycles. The monoisotopic (exact) mass is 661 g/mol. The molecule has 0 unspecified atom stereocenters. The van der Waals surface area contributed by atoms with Gasteiger partial charge in [-0.25, -0.2) is 19.9 Å². The number of anilines is 2. The summed E-state index contributed by atoms with van der Waals surface area (Å²) < 4.78 is 24.6. The second-order valence-electron chi connectivity index (χ2n) is 13.0. The van der Waals surface area contributed by atoms with Crippen LogP contribution in [0.5, 0.6) is 5.88 Å². The Hall–Kier alpha value is -5.32. The van der Waals surface area contributed by atoms with Crippen molar-refractivity contribution >= 4 is 33.6 Å². The molecule has 0 N–H and O–H groups in total. The topological polar surface area (TPSA) is 142 Å². The van der Waals surface area contributed by atoms with Crippen LogP contribution < -0.4 is 14.5 Å². The number of morpholine rings is 1. The molecular formula is C36H35N7O6. The molecule has 250 valence electrons. The number of pyridine rings is 2.